The molecule has 3 aromatic rings. The lowest BCUT2D eigenvalue weighted by molar-refractivity contribution is 0.198. The summed E-state index contributed by atoms with van der Waals surface area (Å²) in [5, 5.41) is 8.97. The first-order valence-corrected chi connectivity index (χ1v) is 10.5. The van der Waals surface area contributed by atoms with Crippen molar-refractivity contribution in [1.29, 1.82) is 0 Å². The van der Waals surface area contributed by atoms with E-state index in [2.05, 4.69) is 20.9 Å². The first-order chi connectivity index (χ1) is 14.2. The highest BCUT2D eigenvalue weighted by atomic mass is 19.1. The molecule has 1 saturated heterocycles. The monoisotopic (exact) mass is 393 g/mol. The molecule has 0 spiro atoms. The number of unbranched alkanes of at least 4 members (excludes halogenated alkanes) is 1. The topological polar surface area (TPSA) is 52.1 Å². The van der Waals surface area contributed by atoms with E-state index in [1.54, 1.807) is 12.4 Å². The number of hydrogen-bond acceptors (Lipinski definition) is 3. The molecule has 0 amide bonds. The van der Waals surface area contributed by atoms with E-state index in [9.17, 15) is 4.39 Å². The Balaban J connectivity index is 1.56. The van der Waals surface area contributed by atoms with Gasteiger partial charge >= 0.3 is 0 Å². The van der Waals surface area contributed by atoms with Crippen molar-refractivity contribution in [3.8, 4) is 22.4 Å². The molecule has 0 radical (unpaired) electrons. The minimum Gasteiger partial charge on any atom is -0.396 e. The zero-order valence-corrected chi connectivity index (χ0v) is 16.6. The third kappa shape index (κ3) is 4.74. The molecule has 1 aromatic carbocycles. The second-order valence-electron chi connectivity index (χ2n) is 7.80. The SMILES string of the molecule is OCCCCN1CCC(c2cc(-c3ccncc3)c(-c3ccc(F)cc3)[nH]2)CC1. The zero-order valence-electron chi connectivity index (χ0n) is 16.6. The summed E-state index contributed by atoms with van der Waals surface area (Å²) in [6.45, 7) is 3.53. The number of piperidine rings is 1. The van der Waals surface area contributed by atoms with E-state index < -0.39 is 0 Å². The Kier molecular flexibility index (Phi) is 6.37. The van der Waals surface area contributed by atoms with Crippen LogP contribution in [0.2, 0.25) is 0 Å². The van der Waals surface area contributed by atoms with Crippen LogP contribution in [0, 0.1) is 5.82 Å². The van der Waals surface area contributed by atoms with Crippen LogP contribution in [0.15, 0.2) is 54.9 Å². The number of benzene rings is 1. The Bertz CT molecular complexity index is 900. The van der Waals surface area contributed by atoms with E-state index in [0.717, 1.165) is 67.7 Å². The molecule has 2 N–H and O–H groups in total. The molecule has 4 nitrogen and oxygen atoms in total. The summed E-state index contributed by atoms with van der Waals surface area (Å²) in [4.78, 5) is 10.3. The maximum absolute atomic E-state index is 13.4. The van der Waals surface area contributed by atoms with Crippen molar-refractivity contribution in [1.82, 2.24) is 14.9 Å². The normalized spacial score (nSPS) is 15.7. The maximum atomic E-state index is 13.4. The highest BCUT2D eigenvalue weighted by Gasteiger charge is 2.23. The molecular weight excluding hydrogens is 365 g/mol. The minimum atomic E-state index is -0.223. The number of aromatic nitrogens is 2. The summed E-state index contributed by atoms with van der Waals surface area (Å²) in [6.07, 6.45) is 7.80. The predicted octanol–water partition coefficient (Wildman–Crippen LogP) is 4.83. The lowest BCUT2D eigenvalue weighted by Gasteiger charge is -2.31. The number of aliphatic hydroxyl groups is 1. The molecule has 0 aliphatic carbocycles. The largest absolute Gasteiger partial charge is 0.396 e. The summed E-state index contributed by atoms with van der Waals surface area (Å²) in [6, 6.07) is 13.0. The lowest BCUT2D eigenvalue weighted by atomic mass is 9.93. The van der Waals surface area contributed by atoms with Crippen molar-refractivity contribution >= 4 is 0 Å². The molecule has 0 atom stereocenters. The zero-order chi connectivity index (χ0) is 20.1. The van der Waals surface area contributed by atoms with Crippen molar-refractivity contribution < 1.29 is 9.50 Å². The molecule has 152 valence electrons. The molecule has 2 aromatic heterocycles. The molecule has 0 bridgehead atoms. The van der Waals surface area contributed by atoms with Gasteiger partial charge in [-0.2, -0.15) is 0 Å². The highest BCUT2D eigenvalue weighted by Crippen LogP contribution is 2.37. The van der Waals surface area contributed by atoms with Crippen molar-refractivity contribution in [3.63, 3.8) is 0 Å². The molecule has 29 heavy (non-hydrogen) atoms. The second kappa shape index (κ2) is 9.33. The van der Waals surface area contributed by atoms with Gasteiger partial charge in [0, 0.05) is 36.2 Å². The number of nitrogens with one attached hydrogen (secondary N) is 1. The number of H-pyrrole nitrogens is 1. The Labute approximate surface area is 171 Å². The Hall–Kier alpha value is -2.50. The smallest absolute Gasteiger partial charge is 0.123 e. The van der Waals surface area contributed by atoms with Crippen molar-refractivity contribution in [2.45, 2.75) is 31.6 Å². The molecule has 0 unspecified atom stereocenters. The number of halogens is 1. The van der Waals surface area contributed by atoms with Gasteiger partial charge in [-0.25, -0.2) is 4.39 Å². The summed E-state index contributed by atoms with van der Waals surface area (Å²) in [5.41, 5.74) is 5.54. The predicted molar refractivity (Wildman–Crippen MR) is 114 cm³/mol. The van der Waals surface area contributed by atoms with Gasteiger partial charge in [-0.3, -0.25) is 4.98 Å². The summed E-state index contributed by atoms with van der Waals surface area (Å²) >= 11 is 0. The van der Waals surface area contributed by atoms with Crippen LogP contribution < -0.4 is 0 Å². The van der Waals surface area contributed by atoms with Crippen LogP contribution >= 0.6 is 0 Å². The summed E-state index contributed by atoms with van der Waals surface area (Å²) in [5.74, 6) is 0.276. The lowest BCUT2D eigenvalue weighted by Crippen LogP contribution is -2.33. The Morgan fingerprint density at radius 3 is 2.41 bits per heavy atom. The van der Waals surface area contributed by atoms with Crippen LogP contribution in [0.4, 0.5) is 4.39 Å². The van der Waals surface area contributed by atoms with Crippen LogP contribution in [-0.2, 0) is 0 Å². The van der Waals surface area contributed by atoms with Gasteiger partial charge in [-0.15, -0.1) is 0 Å². The van der Waals surface area contributed by atoms with Gasteiger partial charge in [-0.1, -0.05) is 0 Å². The van der Waals surface area contributed by atoms with Gasteiger partial charge in [0.2, 0.25) is 0 Å². The number of nitrogens with zero attached hydrogens (tertiary/aromatic N) is 2. The molecule has 4 rings (SSSR count). The summed E-state index contributed by atoms with van der Waals surface area (Å²) in [7, 11) is 0. The molecule has 1 aliphatic rings. The van der Waals surface area contributed by atoms with Gasteiger partial charge in [-0.05, 0) is 98.9 Å². The quantitative estimate of drug-likeness (QED) is 0.565. The van der Waals surface area contributed by atoms with Crippen LogP contribution in [-0.4, -0.2) is 46.2 Å². The number of aromatic amines is 1. The van der Waals surface area contributed by atoms with Gasteiger partial charge in [0.25, 0.3) is 0 Å². The highest BCUT2D eigenvalue weighted by molar-refractivity contribution is 5.82. The Morgan fingerprint density at radius 1 is 1.00 bits per heavy atom. The van der Waals surface area contributed by atoms with Crippen molar-refractivity contribution in [2.75, 3.05) is 26.2 Å². The van der Waals surface area contributed by atoms with E-state index in [1.165, 1.54) is 17.8 Å². The number of aliphatic hydroxyl groups excluding tert-OH is 1. The van der Waals surface area contributed by atoms with E-state index in [4.69, 9.17) is 5.11 Å². The second-order valence-corrected chi connectivity index (χ2v) is 7.80. The standard InChI is InChI=1S/C24H28FN3O/c25-21-5-3-20(4-6-21)24-22(18-7-11-26-12-8-18)17-23(27-24)19-9-14-28(15-10-19)13-1-2-16-29/h3-8,11-12,17,19,27,29H,1-2,9-10,13-16H2. The fourth-order valence-electron chi connectivity index (χ4n) is 4.21. The molecule has 3 heterocycles. The number of pyridine rings is 1. The van der Waals surface area contributed by atoms with E-state index in [1.807, 2.05) is 24.3 Å². The van der Waals surface area contributed by atoms with Crippen LogP contribution in [0.5, 0.6) is 0 Å². The molecule has 5 heteroatoms. The maximum Gasteiger partial charge on any atom is 0.123 e. The molecule has 1 fully saturated rings. The fourth-order valence-corrected chi connectivity index (χ4v) is 4.21. The summed E-state index contributed by atoms with van der Waals surface area (Å²) < 4.78 is 13.4. The average molecular weight is 394 g/mol. The molecule has 0 saturated carbocycles. The third-order valence-electron chi connectivity index (χ3n) is 5.87. The molecular formula is C24H28FN3O. The van der Waals surface area contributed by atoms with Crippen LogP contribution in [0.3, 0.4) is 0 Å². The number of likely N-dealkylation sites (tertiary alicyclic amines) is 1. The van der Waals surface area contributed by atoms with E-state index in [-0.39, 0.29) is 12.4 Å². The van der Waals surface area contributed by atoms with Crippen molar-refractivity contribution in [3.05, 3.63) is 66.4 Å². The van der Waals surface area contributed by atoms with Crippen molar-refractivity contribution in [2.24, 2.45) is 0 Å². The van der Waals surface area contributed by atoms with Crippen LogP contribution in [0.25, 0.3) is 22.4 Å². The molecule has 1 aliphatic heterocycles. The van der Waals surface area contributed by atoms with Gasteiger partial charge in [0.15, 0.2) is 0 Å². The fraction of sp³-hybridized carbons (Fsp3) is 0.375. The van der Waals surface area contributed by atoms with E-state index >= 15 is 0 Å². The van der Waals surface area contributed by atoms with Crippen LogP contribution in [0.1, 0.15) is 37.3 Å². The first-order valence-electron chi connectivity index (χ1n) is 10.5. The van der Waals surface area contributed by atoms with E-state index in [0.29, 0.717) is 5.92 Å². The average Bonchev–Trinajstić information content (AvgIpc) is 3.21. The third-order valence-corrected chi connectivity index (χ3v) is 5.87. The minimum absolute atomic E-state index is 0.223. The Morgan fingerprint density at radius 2 is 1.72 bits per heavy atom. The van der Waals surface area contributed by atoms with Gasteiger partial charge in [0.05, 0.1) is 5.69 Å². The van der Waals surface area contributed by atoms with Gasteiger partial charge < -0.3 is 15.0 Å². The first kappa shape index (κ1) is 19.8. The number of rotatable bonds is 7. The van der Waals surface area contributed by atoms with Gasteiger partial charge in [0.1, 0.15) is 5.82 Å². The number of hydrogen-bond donors (Lipinski definition) is 2.